The molecule has 0 unspecified atom stereocenters. The molecule has 5 rings (SSSR count). The fraction of sp³-hybridized carbons (Fsp3) is 0.290. The normalized spacial score (nSPS) is 13.9. The number of hydrogen-bond donors (Lipinski definition) is 1. The lowest BCUT2D eigenvalue weighted by molar-refractivity contribution is -0.118. The molecule has 1 aliphatic rings. The molecular weight excluding hydrogens is 591 g/mol. The van der Waals surface area contributed by atoms with Crippen LogP contribution in [-0.2, 0) is 4.79 Å². The molecule has 1 saturated carbocycles. The number of nitrogens with one attached hydrogen (secondary N) is 1. The van der Waals surface area contributed by atoms with Gasteiger partial charge >= 0.3 is 0 Å². The monoisotopic (exact) mass is 620 g/mol. The van der Waals surface area contributed by atoms with Crippen LogP contribution in [0.3, 0.4) is 0 Å². The lowest BCUT2D eigenvalue weighted by Gasteiger charge is -2.22. The summed E-state index contributed by atoms with van der Waals surface area (Å²) in [5, 5.41) is 7.62. The Morgan fingerprint density at radius 1 is 1.10 bits per heavy atom. The molecule has 212 valence electrons. The maximum Gasteiger partial charge on any atom is 0.282 e. The van der Waals surface area contributed by atoms with E-state index in [2.05, 4.69) is 26.3 Å². The van der Waals surface area contributed by atoms with Crippen molar-refractivity contribution in [2.75, 3.05) is 18.5 Å². The number of hydrogen-bond acceptors (Lipinski definition) is 6. The first-order chi connectivity index (χ1) is 19.9. The second-order valence-electron chi connectivity index (χ2n) is 9.75. The summed E-state index contributed by atoms with van der Waals surface area (Å²) in [7, 11) is 0. The summed E-state index contributed by atoms with van der Waals surface area (Å²) in [6.45, 7) is 1.84. The van der Waals surface area contributed by atoms with Crippen LogP contribution in [0.5, 0.6) is 11.5 Å². The first-order valence-electron chi connectivity index (χ1n) is 13.6. The zero-order valence-electron chi connectivity index (χ0n) is 22.6. The van der Waals surface area contributed by atoms with Gasteiger partial charge in [-0.15, -0.1) is 0 Å². The Bertz CT molecular complexity index is 1650. The molecule has 1 heterocycles. The van der Waals surface area contributed by atoms with E-state index in [-0.39, 0.29) is 23.8 Å². The number of carbonyl (C=O) groups excluding carboxylic acids is 1. The second kappa shape index (κ2) is 13.1. The van der Waals surface area contributed by atoms with E-state index in [0.29, 0.717) is 44.9 Å². The highest BCUT2D eigenvalue weighted by atomic mass is 79.9. The van der Waals surface area contributed by atoms with Gasteiger partial charge in [0.15, 0.2) is 18.1 Å². The molecule has 0 aliphatic heterocycles. The highest BCUT2D eigenvalue weighted by Gasteiger charge is 2.22. The van der Waals surface area contributed by atoms with Crippen LogP contribution in [0.1, 0.15) is 56.3 Å². The van der Waals surface area contributed by atoms with Gasteiger partial charge in [0.2, 0.25) is 0 Å². The molecule has 1 aliphatic carbocycles. The molecule has 0 bridgehead atoms. The van der Waals surface area contributed by atoms with Crippen LogP contribution in [0.15, 0.2) is 75.0 Å². The zero-order valence-corrected chi connectivity index (χ0v) is 24.2. The minimum absolute atomic E-state index is 0.0740. The molecule has 8 nitrogen and oxygen atoms in total. The fourth-order valence-electron chi connectivity index (χ4n) is 4.92. The Balaban J connectivity index is 1.42. The summed E-state index contributed by atoms with van der Waals surface area (Å²) < 4.78 is 27.4. The zero-order chi connectivity index (χ0) is 28.8. The van der Waals surface area contributed by atoms with Gasteiger partial charge in [0.25, 0.3) is 11.5 Å². The molecule has 1 aromatic heterocycles. The highest BCUT2D eigenvalue weighted by Crippen LogP contribution is 2.34. The SMILES string of the molecule is CCOc1cc(C=Nn2c(C3CCCCC3)nc3ccccc3c2=O)c(Br)cc1OCC(=O)Nc1ccccc1F. The number of carbonyl (C=O) groups is 1. The van der Waals surface area contributed by atoms with Crippen molar-refractivity contribution in [3.8, 4) is 11.5 Å². The first kappa shape index (κ1) is 28.5. The molecule has 0 atom stereocenters. The highest BCUT2D eigenvalue weighted by molar-refractivity contribution is 9.10. The number of aromatic nitrogens is 2. The molecule has 0 saturated heterocycles. The standard InChI is InChI=1S/C31H30BrFN4O4/c1-2-40-27-16-21(23(32)17-28(27)41-19-29(38)35-26-15-9-7-13-24(26)33)18-34-37-30(20-10-4-3-5-11-20)36-25-14-8-6-12-22(25)31(37)39/h6-9,12-18,20H,2-5,10-11,19H2,1H3,(H,35,38). The van der Waals surface area contributed by atoms with Crippen molar-refractivity contribution in [3.05, 3.63) is 92.7 Å². The molecule has 4 aromatic rings. The second-order valence-corrected chi connectivity index (χ2v) is 10.6. The number of halogens is 2. The molecule has 1 fully saturated rings. The summed E-state index contributed by atoms with van der Waals surface area (Å²) in [5.74, 6) is 0.505. The maximum absolute atomic E-state index is 13.9. The molecule has 0 radical (unpaired) electrons. The fourth-order valence-corrected chi connectivity index (χ4v) is 5.35. The van der Waals surface area contributed by atoms with E-state index >= 15 is 0 Å². The molecule has 1 N–H and O–H groups in total. The van der Waals surface area contributed by atoms with Gasteiger partial charge in [-0.2, -0.15) is 9.78 Å². The Kier molecular flexibility index (Phi) is 9.08. The maximum atomic E-state index is 13.9. The van der Waals surface area contributed by atoms with Gasteiger partial charge in [-0.05, 0) is 72.1 Å². The van der Waals surface area contributed by atoms with E-state index in [1.54, 1.807) is 36.5 Å². The van der Waals surface area contributed by atoms with Crippen molar-refractivity contribution in [1.82, 2.24) is 9.66 Å². The molecule has 3 aromatic carbocycles. The van der Waals surface area contributed by atoms with Gasteiger partial charge in [-0.1, -0.05) is 43.5 Å². The van der Waals surface area contributed by atoms with Gasteiger partial charge in [-0.3, -0.25) is 9.59 Å². The summed E-state index contributed by atoms with van der Waals surface area (Å²) >= 11 is 3.55. The van der Waals surface area contributed by atoms with Gasteiger partial charge in [-0.25, -0.2) is 9.37 Å². The van der Waals surface area contributed by atoms with Crippen molar-refractivity contribution in [1.29, 1.82) is 0 Å². The van der Waals surface area contributed by atoms with E-state index in [1.807, 2.05) is 25.1 Å². The van der Waals surface area contributed by atoms with Crippen molar-refractivity contribution < 1.29 is 18.7 Å². The lowest BCUT2D eigenvalue weighted by Crippen LogP contribution is -2.25. The molecule has 10 heteroatoms. The van der Waals surface area contributed by atoms with Crippen molar-refractivity contribution in [3.63, 3.8) is 0 Å². The van der Waals surface area contributed by atoms with Crippen LogP contribution in [0.2, 0.25) is 0 Å². The molecule has 0 spiro atoms. The number of benzene rings is 3. The van der Waals surface area contributed by atoms with Crippen LogP contribution in [0, 0.1) is 5.82 Å². The smallest absolute Gasteiger partial charge is 0.282 e. The predicted molar refractivity (Wildman–Crippen MR) is 161 cm³/mol. The Labute approximate surface area is 245 Å². The van der Waals surface area contributed by atoms with Crippen LogP contribution in [-0.4, -0.2) is 35.0 Å². The quantitative estimate of drug-likeness (QED) is 0.212. The van der Waals surface area contributed by atoms with Crippen molar-refractivity contribution >= 4 is 44.6 Å². The average molecular weight is 622 g/mol. The number of rotatable bonds is 9. The van der Waals surface area contributed by atoms with Crippen LogP contribution in [0.25, 0.3) is 10.9 Å². The Morgan fingerprint density at radius 2 is 1.83 bits per heavy atom. The van der Waals surface area contributed by atoms with Gasteiger partial charge in [0.1, 0.15) is 11.6 Å². The van der Waals surface area contributed by atoms with Crippen LogP contribution >= 0.6 is 15.9 Å². The number of ether oxygens (including phenoxy) is 2. The number of anilines is 1. The van der Waals surface area contributed by atoms with E-state index in [0.717, 1.165) is 25.7 Å². The number of amides is 1. The average Bonchev–Trinajstić information content (AvgIpc) is 2.99. The topological polar surface area (TPSA) is 94.8 Å². The predicted octanol–water partition coefficient (Wildman–Crippen LogP) is 6.64. The minimum Gasteiger partial charge on any atom is -0.490 e. The third-order valence-electron chi connectivity index (χ3n) is 6.93. The molecule has 41 heavy (non-hydrogen) atoms. The summed E-state index contributed by atoms with van der Waals surface area (Å²) in [4.78, 5) is 30.8. The summed E-state index contributed by atoms with van der Waals surface area (Å²) in [6.07, 6.45) is 6.90. The summed E-state index contributed by atoms with van der Waals surface area (Å²) in [5.41, 5.74) is 1.18. The van der Waals surface area contributed by atoms with E-state index in [9.17, 15) is 14.0 Å². The largest absolute Gasteiger partial charge is 0.490 e. The van der Waals surface area contributed by atoms with E-state index in [1.165, 1.54) is 23.2 Å². The number of fused-ring (bicyclic) bond motifs is 1. The Hall–Kier alpha value is -4.05. The number of para-hydroxylation sites is 2. The van der Waals surface area contributed by atoms with Crippen LogP contribution < -0.4 is 20.3 Å². The molecule has 1 amide bonds. The van der Waals surface area contributed by atoms with E-state index < -0.39 is 11.7 Å². The Morgan fingerprint density at radius 3 is 2.61 bits per heavy atom. The van der Waals surface area contributed by atoms with Crippen molar-refractivity contribution in [2.24, 2.45) is 5.10 Å². The van der Waals surface area contributed by atoms with Gasteiger partial charge in [0.05, 0.1) is 29.4 Å². The first-order valence-corrected chi connectivity index (χ1v) is 14.4. The number of nitrogens with zero attached hydrogens (tertiary/aromatic N) is 3. The third kappa shape index (κ3) is 6.65. The third-order valence-corrected chi connectivity index (χ3v) is 7.62. The van der Waals surface area contributed by atoms with Gasteiger partial charge < -0.3 is 14.8 Å². The minimum atomic E-state index is -0.533. The van der Waals surface area contributed by atoms with Gasteiger partial charge in [0, 0.05) is 16.0 Å². The van der Waals surface area contributed by atoms with E-state index in [4.69, 9.17) is 14.5 Å². The van der Waals surface area contributed by atoms with Crippen molar-refractivity contribution in [2.45, 2.75) is 44.9 Å². The lowest BCUT2D eigenvalue weighted by atomic mass is 9.88. The van der Waals surface area contributed by atoms with Crippen LogP contribution in [0.4, 0.5) is 10.1 Å². The summed E-state index contributed by atoms with van der Waals surface area (Å²) in [6, 6.07) is 16.6. The molecular formula is C31H30BrFN4O4.